The van der Waals surface area contributed by atoms with Crippen molar-refractivity contribution in [2.75, 3.05) is 12.3 Å². The molecule has 0 radical (unpaired) electrons. The topological polar surface area (TPSA) is 184 Å². The third kappa shape index (κ3) is 3.41. The first-order valence-corrected chi connectivity index (χ1v) is 11.7. The summed E-state index contributed by atoms with van der Waals surface area (Å²) in [6, 6.07) is 7.72. The summed E-state index contributed by atoms with van der Waals surface area (Å²) in [5.74, 6) is -5.37. The smallest absolute Gasteiger partial charge is 0.338 e. The van der Waals surface area contributed by atoms with Gasteiger partial charge in [0, 0.05) is 38.0 Å². The molecule has 5 aromatic carbocycles. The van der Waals surface area contributed by atoms with Crippen molar-refractivity contribution in [3.63, 3.8) is 0 Å². The molecule has 0 aliphatic carbocycles. The van der Waals surface area contributed by atoms with Gasteiger partial charge in [-0.3, -0.25) is 0 Å². The molecule has 38 heavy (non-hydrogen) atoms. The summed E-state index contributed by atoms with van der Waals surface area (Å²) in [6.45, 7) is 2.05. The second-order valence-electron chi connectivity index (χ2n) is 8.93. The Hall–Kier alpha value is -5.12. The first kappa shape index (κ1) is 24.6. The van der Waals surface area contributed by atoms with Crippen LogP contribution < -0.4 is 5.73 Å². The van der Waals surface area contributed by atoms with E-state index in [-0.39, 0.29) is 61.3 Å². The number of carbonyl (C=O) groups is 4. The van der Waals surface area contributed by atoms with E-state index in [0.717, 1.165) is 12.5 Å². The van der Waals surface area contributed by atoms with Crippen molar-refractivity contribution in [2.24, 2.45) is 0 Å². The molecule has 10 heteroatoms. The van der Waals surface area contributed by atoms with Gasteiger partial charge in [0.05, 0.1) is 28.9 Å². The highest BCUT2D eigenvalue weighted by atomic mass is 16.5. The number of nitrogens with two attached hydrogens (primary N) is 1. The SMILES string of the molecule is CCCCOC(=O)c1cc(N)c2c3c(O)cc(C(=O)O)c4c(C(=O)O)ccc(c5ccc(C(=O)O)c1c52)c43. The largest absolute Gasteiger partial charge is 0.507 e. The van der Waals surface area contributed by atoms with Crippen LogP contribution in [-0.2, 0) is 4.74 Å². The molecular weight excluding hydrogens is 494 g/mol. The highest BCUT2D eigenvalue weighted by molar-refractivity contribution is 6.40. The van der Waals surface area contributed by atoms with Crippen molar-refractivity contribution in [1.82, 2.24) is 0 Å². The van der Waals surface area contributed by atoms with E-state index in [1.54, 1.807) is 0 Å². The molecule has 0 aliphatic heterocycles. The van der Waals surface area contributed by atoms with Gasteiger partial charge in [-0.25, -0.2) is 19.2 Å². The van der Waals surface area contributed by atoms with Crippen LogP contribution in [0.15, 0.2) is 36.4 Å². The lowest BCUT2D eigenvalue weighted by atomic mass is 9.83. The van der Waals surface area contributed by atoms with Crippen LogP contribution in [0.2, 0.25) is 0 Å². The molecule has 0 fully saturated rings. The molecule has 0 heterocycles. The summed E-state index contributed by atoms with van der Waals surface area (Å²) < 4.78 is 5.37. The van der Waals surface area contributed by atoms with Gasteiger partial charge in [0.1, 0.15) is 5.75 Å². The zero-order chi connectivity index (χ0) is 27.5. The fraction of sp³-hybridized carbons (Fsp3) is 0.143. The van der Waals surface area contributed by atoms with Crippen LogP contribution >= 0.6 is 0 Å². The van der Waals surface area contributed by atoms with E-state index in [0.29, 0.717) is 17.2 Å². The Morgan fingerprint density at radius 3 is 1.76 bits per heavy atom. The Bertz CT molecular complexity index is 1860. The molecule has 0 amide bonds. The molecule has 0 aromatic heterocycles. The number of anilines is 1. The molecule has 0 aliphatic rings. The average Bonchev–Trinajstić information content (AvgIpc) is 2.87. The van der Waals surface area contributed by atoms with E-state index in [4.69, 9.17) is 10.5 Å². The Kier molecular flexibility index (Phi) is 5.67. The van der Waals surface area contributed by atoms with E-state index >= 15 is 0 Å². The lowest BCUT2D eigenvalue weighted by molar-refractivity contribution is 0.0501. The van der Waals surface area contributed by atoms with Crippen LogP contribution in [0.4, 0.5) is 5.69 Å². The lowest BCUT2D eigenvalue weighted by Gasteiger charge is -2.21. The van der Waals surface area contributed by atoms with E-state index in [1.807, 2.05) is 6.92 Å². The number of carbonyl (C=O) groups excluding carboxylic acids is 1. The third-order valence-corrected chi connectivity index (χ3v) is 6.76. The molecule has 10 nitrogen and oxygen atoms in total. The number of esters is 1. The summed E-state index contributed by atoms with van der Waals surface area (Å²) in [6.07, 6.45) is 1.38. The summed E-state index contributed by atoms with van der Waals surface area (Å²) in [7, 11) is 0. The number of ether oxygens (including phenoxy) is 1. The number of aromatic carboxylic acids is 3. The molecule has 5 aromatic rings. The minimum Gasteiger partial charge on any atom is -0.507 e. The fourth-order valence-electron chi connectivity index (χ4n) is 5.18. The van der Waals surface area contributed by atoms with Crippen molar-refractivity contribution in [3.8, 4) is 5.75 Å². The number of fused-ring (bicyclic) bond motifs is 2. The minimum absolute atomic E-state index is 0.00483. The Balaban J connectivity index is 2.08. The van der Waals surface area contributed by atoms with Gasteiger partial charge in [0.15, 0.2) is 0 Å². The van der Waals surface area contributed by atoms with E-state index in [9.17, 15) is 39.6 Å². The number of phenols is 1. The second-order valence-corrected chi connectivity index (χ2v) is 8.93. The number of hydrogen-bond acceptors (Lipinski definition) is 7. The first-order chi connectivity index (χ1) is 18.1. The van der Waals surface area contributed by atoms with Crippen LogP contribution in [0.5, 0.6) is 5.75 Å². The maximum Gasteiger partial charge on any atom is 0.338 e. The number of hydrogen-bond donors (Lipinski definition) is 5. The third-order valence-electron chi connectivity index (χ3n) is 6.76. The number of benzene rings is 5. The van der Waals surface area contributed by atoms with Crippen molar-refractivity contribution < 1.29 is 44.3 Å². The number of carboxylic acids is 3. The average molecular weight is 515 g/mol. The van der Waals surface area contributed by atoms with Gasteiger partial charge in [-0.1, -0.05) is 25.5 Å². The molecule has 0 bridgehead atoms. The number of carboxylic acid groups (broad SMARTS) is 3. The fourth-order valence-corrected chi connectivity index (χ4v) is 5.18. The maximum absolute atomic E-state index is 13.1. The van der Waals surface area contributed by atoms with Crippen LogP contribution in [-0.4, -0.2) is 50.9 Å². The minimum atomic E-state index is -1.44. The van der Waals surface area contributed by atoms with Gasteiger partial charge in [-0.05, 0) is 41.5 Å². The van der Waals surface area contributed by atoms with E-state index in [1.165, 1.54) is 30.3 Å². The summed E-state index contributed by atoms with van der Waals surface area (Å²) in [4.78, 5) is 49.5. The number of aromatic hydroxyl groups is 1. The quantitative estimate of drug-likeness (QED) is 0.0644. The molecule has 192 valence electrons. The zero-order valence-electron chi connectivity index (χ0n) is 20.0. The normalized spacial score (nSPS) is 11.5. The van der Waals surface area contributed by atoms with Crippen LogP contribution in [0, 0.1) is 0 Å². The van der Waals surface area contributed by atoms with Gasteiger partial charge < -0.3 is 30.9 Å². The number of unbranched alkanes of at least 4 members (excludes halogenated alkanes) is 1. The predicted octanol–water partition coefficient (Wildman–Crippen LogP) is 5.08. The highest BCUT2D eigenvalue weighted by Crippen LogP contribution is 2.49. The van der Waals surface area contributed by atoms with Crippen molar-refractivity contribution >= 4 is 72.7 Å². The molecule has 6 N–H and O–H groups in total. The predicted molar refractivity (Wildman–Crippen MR) is 140 cm³/mol. The summed E-state index contributed by atoms with van der Waals surface area (Å²) >= 11 is 0. The second kappa shape index (κ2) is 8.77. The van der Waals surface area contributed by atoms with Crippen LogP contribution in [0.1, 0.15) is 61.2 Å². The molecule has 0 saturated heterocycles. The lowest BCUT2D eigenvalue weighted by Crippen LogP contribution is -2.11. The molecule has 0 saturated carbocycles. The number of rotatable bonds is 7. The van der Waals surface area contributed by atoms with Crippen molar-refractivity contribution in [3.05, 3.63) is 58.7 Å². The van der Waals surface area contributed by atoms with Crippen LogP contribution in [0.25, 0.3) is 43.1 Å². The monoisotopic (exact) mass is 515 g/mol. The summed E-state index contributed by atoms with van der Waals surface area (Å²) in [5, 5.41) is 42.0. The van der Waals surface area contributed by atoms with Crippen molar-refractivity contribution in [2.45, 2.75) is 19.8 Å². The van der Waals surface area contributed by atoms with Gasteiger partial charge in [0.25, 0.3) is 0 Å². The van der Waals surface area contributed by atoms with E-state index < -0.39 is 35.2 Å². The molecule has 0 spiro atoms. The Morgan fingerprint density at radius 1 is 0.711 bits per heavy atom. The molecule has 0 atom stereocenters. The van der Waals surface area contributed by atoms with Gasteiger partial charge in [-0.15, -0.1) is 0 Å². The van der Waals surface area contributed by atoms with Crippen LogP contribution in [0.3, 0.4) is 0 Å². The molecular formula is C28H21NO9. The number of nitrogen functional groups attached to an aromatic ring is 1. The summed E-state index contributed by atoms with van der Waals surface area (Å²) in [5.41, 5.74) is 5.43. The van der Waals surface area contributed by atoms with Gasteiger partial charge in [-0.2, -0.15) is 0 Å². The highest BCUT2D eigenvalue weighted by Gasteiger charge is 2.28. The molecule has 0 unspecified atom stereocenters. The molecule has 5 rings (SSSR count). The first-order valence-electron chi connectivity index (χ1n) is 11.7. The Labute approximate surface area is 213 Å². The number of phenolic OH excluding ortho intramolecular Hbond substituents is 1. The maximum atomic E-state index is 13.1. The van der Waals surface area contributed by atoms with E-state index in [2.05, 4.69) is 0 Å². The van der Waals surface area contributed by atoms with Gasteiger partial charge in [0.2, 0.25) is 0 Å². The Morgan fingerprint density at radius 2 is 1.24 bits per heavy atom. The standard InChI is InChI=1S/C28H21NO9/c1-2-3-8-38-28(37)16-9-17(29)23-21-11(4-7-14(20(16)21)26(33)34)12-5-6-13(25(31)32)19-15(27(35)36)10-18(30)24(23)22(12)19/h4-7,9-10,30H,2-3,8,29H2,1H3,(H,31,32)(H,33,34)(H,35,36). The van der Waals surface area contributed by atoms with Crippen molar-refractivity contribution in [1.29, 1.82) is 0 Å². The van der Waals surface area contributed by atoms with Gasteiger partial charge >= 0.3 is 23.9 Å². The zero-order valence-corrected chi connectivity index (χ0v) is 20.0.